The van der Waals surface area contributed by atoms with E-state index in [9.17, 15) is 4.79 Å². The number of carbonyl (C=O) groups excluding carboxylic acids is 1. The van der Waals surface area contributed by atoms with E-state index in [1.807, 2.05) is 24.3 Å². The molecule has 5 nitrogen and oxygen atoms in total. The predicted octanol–water partition coefficient (Wildman–Crippen LogP) is -0.125. The Hall–Kier alpha value is -1.43. The van der Waals surface area contributed by atoms with Gasteiger partial charge in [-0.3, -0.25) is 14.6 Å². The van der Waals surface area contributed by atoms with Gasteiger partial charge in [-0.15, -0.1) is 0 Å². The van der Waals surface area contributed by atoms with Gasteiger partial charge in [-0.25, -0.2) is 0 Å². The van der Waals surface area contributed by atoms with E-state index in [2.05, 4.69) is 15.1 Å². The number of piperazine rings is 1. The summed E-state index contributed by atoms with van der Waals surface area (Å²) in [7, 11) is 0. The summed E-state index contributed by atoms with van der Waals surface area (Å²) < 4.78 is 0. The van der Waals surface area contributed by atoms with Crippen LogP contribution in [0.1, 0.15) is 15.9 Å². The number of carbonyl (C=O) groups is 1. The lowest BCUT2D eigenvalue weighted by molar-refractivity contribution is 0.0223. The van der Waals surface area contributed by atoms with Crippen LogP contribution in [-0.4, -0.2) is 61.0 Å². The number of rotatable bonds is 4. The molecule has 0 aromatic heterocycles. The van der Waals surface area contributed by atoms with E-state index in [-0.39, 0.29) is 5.91 Å². The fraction of sp³-hybridized carbons (Fsp3) is 0.533. The Morgan fingerprint density at radius 3 is 2.45 bits per heavy atom. The highest BCUT2D eigenvalue weighted by Gasteiger charge is 2.31. The molecular formula is C15H22N4O. The average molecular weight is 274 g/mol. The van der Waals surface area contributed by atoms with Crippen molar-refractivity contribution in [1.82, 2.24) is 15.1 Å². The SMILES string of the molecule is NC(=O)c1ccc(CN2CC(N3CCNCC3)C2)cc1. The molecule has 2 saturated heterocycles. The van der Waals surface area contributed by atoms with Gasteiger partial charge < -0.3 is 11.1 Å². The average Bonchev–Trinajstić information content (AvgIpc) is 2.44. The normalized spacial score (nSPS) is 21.6. The van der Waals surface area contributed by atoms with Crippen molar-refractivity contribution in [2.75, 3.05) is 39.3 Å². The first kappa shape index (κ1) is 13.5. The summed E-state index contributed by atoms with van der Waals surface area (Å²) in [4.78, 5) is 16.1. The van der Waals surface area contributed by atoms with Gasteiger partial charge in [0.15, 0.2) is 0 Å². The van der Waals surface area contributed by atoms with Crippen molar-refractivity contribution in [2.24, 2.45) is 5.73 Å². The molecule has 20 heavy (non-hydrogen) atoms. The monoisotopic (exact) mass is 274 g/mol. The van der Waals surface area contributed by atoms with E-state index in [4.69, 9.17) is 5.73 Å². The van der Waals surface area contributed by atoms with E-state index in [1.54, 1.807) is 0 Å². The van der Waals surface area contributed by atoms with Crippen LogP contribution in [0.15, 0.2) is 24.3 Å². The van der Waals surface area contributed by atoms with E-state index in [0.29, 0.717) is 5.56 Å². The number of nitrogens with zero attached hydrogens (tertiary/aromatic N) is 2. The molecule has 0 radical (unpaired) electrons. The Morgan fingerprint density at radius 1 is 1.20 bits per heavy atom. The second-order valence-electron chi connectivity index (χ2n) is 5.70. The third kappa shape index (κ3) is 3.00. The van der Waals surface area contributed by atoms with E-state index >= 15 is 0 Å². The minimum Gasteiger partial charge on any atom is -0.366 e. The number of benzene rings is 1. The van der Waals surface area contributed by atoms with Crippen molar-refractivity contribution in [1.29, 1.82) is 0 Å². The Balaban J connectivity index is 1.47. The Morgan fingerprint density at radius 2 is 1.85 bits per heavy atom. The molecule has 1 aromatic rings. The molecule has 2 heterocycles. The van der Waals surface area contributed by atoms with Crippen LogP contribution in [0.3, 0.4) is 0 Å². The molecule has 0 unspecified atom stereocenters. The van der Waals surface area contributed by atoms with Gasteiger partial charge in [0, 0.05) is 57.4 Å². The molecule has 2 fully saturated rings. The molecule has 2 aliphatic rings. The van der Waals surface area contributed by atoms with E-state index in [0.717, 1.165) is 38.8 Å². The zero-order valence-corrected chi connectivity index (χ0v) is 11.7. The zero-order chi connectivity index (χ0) is 13.9. The zero-order valence-electron chi connectivity index (χ0n) is 11.7. The van der Waals surface area contributed by atoms with Crippen molar-refractivity contribution in [3.63, 3.8) is 0 Å². The number of amides is 1. The molecule has 1 aromatic carbocycles. The Kier molecular flexibility index (Phi) is 4.00. The summed E-state index contributed by atoms with van der Waals surface area (Å²) >= 11 is 0. The molecule has 0 saturated carbocycles. The van der Waals surface area contributed by atoms with Crippen LogP contribution in [0.2, 0.25) is 0 Å². The van der Waals surface area contributed by atoms with Crippen molar-refractivity contribution in [3.05, 3.63) is 35.4 Å². The van der Waals surface area contributed by atoms with Crippen LogP contribution in [0, 0.1) is 0 Å². The first-order valence-electron chi connectivity index (χ1n) is 7.28. The fourth-order valence-corrected chi connectivity index (χ4v) is 2.98. The molecule has 5 heteroatoms. The van der Waals surface area contributed by atoms with Gasteiger partial charge in [0.1, 0.15) is 0 Å². The molecule has 3 rings (SSSR count). The standard InChI is InChI=1S/C15H22N4O/c16-15(20)13-3-1-12(2-4-13)9-18-10-14(11-18)19-7-5-17-6-8-19/h1-4,14,17H,5-11H2,(H2,16,20). The Bertz CT molecular complexity index is 461. The topological polar surface area (TPSA) is 61.6 Å². The smallest absolute Gasteiger partial charge is 0.248 e. The van der Waals surface area contributed by atoms with Crippen LogP contribution < -0.4 is 11.1 Å². The second-order valence-corrected chi connectivity index (χ2v) is 5.70. The van der Waals surface area contributed by atoms with Crippen LogP contribution in [0.5, 0.6) is 0 Å². The summed E-state index contributed by atoms with van der Waals surface area (Å²) in [5.41, 5.74) is 7.07. The Labute approximate surface area is 119 Å². The molecule has 0 spiro atoms. The van der Waals surface area contributed by atoms with Crippen molar-refractivity contribution in [3.8, 4) is 0 Å². The quantitative estimate of drug-likeness (QED) is 0.803. The maximum Gasteiger partial charge on any atom is 0.248 e. The first-order chi connectivity index (χ1) is 9.72. The number of hydrogen-bond acceptors (Lipinski definition) is 4. The molecule has 1 amide bonds. The molecule has 3 N–H and O–H groups in total. The maximum atomic E-state index is 11.0. The summed E-state index contributed by atoms with van der Waals surface area (Å²) in [6.07, 6.45) is 0. The van der Waals surface area contributed by atoms with Crippen molar-refractivity contribution >= 4 is 5.91 Å². The number of nitrogens with one attached hydrogen (secondary N) is 1. The van der Waals surface area contributed by atoms with Gasteiger partial charge >= 0.3 is 0 Å². The predicted molar refractivity (Wildman–Crippen MR) is 78.5 cm³/mol. The first-order valence-corrected chi connectivity index (χ1v) is 7.28. The van der Waals surface area contributed by atoms with Gasteiger partial charge in [0.05, 0.1) is 0 Å². The van der Waals surface area contributed by atoms with Crippen LogP contribution in [-0.2, 0) is 6.54 Å². The summed E-state index contributed by atoms with van der Waals surface area (Å²) in [5.74, 6) is -0.362. The minimum atomic E-state index is -0.362. The summed E-state index contributed by atoms with van der Waals surface area (Å²) in [6.45, 7) is 7.84. The third-order valence-corrected chi connectivity index (χ3v) is 4.25. The molecule has 2 aliphatic heterocycles. The van der Waals surface area contributed by atoms with Gasteiger partial charge in [0.25, 0.3) is 0 Å². The molecule has 108 valence electrons. The molecular weight excluding hydrogens is 252 g/mol. The molecule has 0 atom stereocenters. The van der Waals surface area contributed by atoms with Gasteiger partial charge in [0.2, 0.25) is 5.91 Å². The highest BCUT2D eigenvalue weighted by Crippen LogP contribution is 2.18. The van der Waals surface area contributed by atoms with E-state index in [1.165, 1.54) is 18.7 Å². The highest BCUT2D eigenvalue weighted by atomic mass is 16.1. The van der Waals surface area contributed by atoms with Crippen LogP contribution in [0.4, 0.5) is 0 Å². The van der Waals surface area contributed by atoms with Crippen molar-refractivity contribution in [2.45, 2.75) is 12.6 Å². The highest BCUT2D eigenvalue weighted by molar-refractivity contribution is 5.92. The fourth-order valence-electron chi connectivity index (χ4n) is 2.98. The maximum absolute atomic E-state index is 11.0. The summed E-state index contributed by atoms with van der Waals surface area (Å²) in [6, 6.07) is 8.34. The number of likely N-dealkylation sites (tertiary alicyclic amines) is 1. The second kappa shape index (κ2) is 5.91. The minimum absolute atomic E-state index is 0.362. The van der Waals surface area contributed by atoms with Gasteiger partial charge in [-0.2, -0.15) is 0 Å². The number of hydrogen-bond donors (Lipinski definition) is 2. The van der Waals surface area contributed by atoms with Crippen LogP contribution >= 0.6 is 0 Å². The summed E-state index contributed by atoms with van der Waals surface area (Å²) in [5, 5.41) is 3.39. The molecule has 0 aliphatic carbocycles. The number of primary amides is 1. The lowest BCUT2D eigenvalue weighted by Gasteiger charge is -2.46. The van der Waals surface area contributed by atoms with Gasteiger partial charge in [-0.1, -0.05) is 12.1 Å². The lowest BCUT2D eigenvalue weighted by atomic mass is 10.0. The third-order valence-electron chi connectivity index (χ3n) is 4.25. The lowest BCUT2D eigenvalue weighted by Crippen LogP contribution is -2.62. The largest absolute Gasteiger partial charge is 0.366 e. The molecule has 0 bridgehead atoms. The number of nitrogens with two attached hydrogens (primary N) is 1. The van der Waals surface area contributed by atoms with Crippen LogP contribution in [0.25, 0.3) is 0 Å². The van der Waals surface area contributed by atoms with E-state index < -0.39 is 0 Å². The van der Waals surface area contributed by atoms with Gasteiger partial charge in [-0.05, 0) is 17.7 Å². The van der Waals surface area contributed by atoms with Crippen molar-refractivity contribution < 1.29 is 4.79 Å².